The van der Waals surface area contributed by atoms with Gasteiger partial charge in [-0.3, -0.25) is 9.59 Å². The highest BCUT2D eigenvalue weighted by molar-refractivity contribution is 6.05. The quantitative estimate of drug-likeness (QED) is 0.903. The Morgan fingerprint density at radius 2 is 1.80 bits per heavy atom. The third-order valence-electron chi connectivity index (χ3n) is 4.76. The number of carbonyl (C=O) groups is 2. The minimum absolute atomic E-state index is 0.0577. The first-order valence-corrected chi connectivity index (χ1v) is 8.96. The second-order valence-corrected chi connectivity index (χ2v) is 6.46. The van der Waals surface area contributed by atoms with Crippen LogP contribution in [0.15, 0.2) is 54.6 Å². The van der Waals surface area contributed by atoms with Gasteiger partial charge in [0, 0.05) is 29.4 Å². The van der Waals surface area contributed by atoms with E-state index in [2.05, 4.69) is 12.2 Å². The molecule has 0 saturated carbocycles. The molecular weight excluding hydrogens is 312 g/mol. The van der Waals surface area contributed by atoms with E-state index in [0.717, 1.165) is 25.8 Å². The van der Waals surface area contributed by atoms with Crippen LogP contribution in [0.25, 0.3) is 0 Å². The lowest BCUT2D eigenvalue weighted by Gasteiger charge is -2.35. The zero-order valence-corrected chi connectivity index (χ0v) is 14.6. The molecule has 1 N–H and O–H groups in total. The highest BCUT2D eigenvalue weighted by Crippen LogP contribution is 2.23. The smallest absolute Gasteiger partial charge is 0.255 e. The van der Waals surface area contributed by atoms with Crippen LogP contribution >= 0.6 is 0 Å². The molecule has 2 amide bonds. The molecule has 1 heterocycles. The Bertz CT molecular complexity index is 743. The number of hydrogen-bond acceptors (Lipinski definition) is 2. The number of nitrogens with zero attached hydrogens (tertiary/aromatic N) is 1. The van der Waals surface area contributed by atoms with Crippen molar-refractivity contribution in [3.63, 3.8) is 0 Å². The van der Waals surface area contributed by atoms with Gasteiger partial charge in [0.1, 0.15) is 0 Å². The van der Waals surface area contributed by atoms with Gasteiger partial charge in [-0.15, -0.1) is 0 Å². The number of amides is 2. The number of carbonyl (C=O) groups excluding carboxylic acids is 2. The van der Waals surface area contributed by atoms with E-state index in [1.807, 2.05) is 41.3 Å². The van der Waals surface area contributed by atoms with Crippen LogP contribution in [-0.4, -0.2) is 29.3 Å². The Kier molecular flexibility index (Phi) is 5.49. The van der Waals surface area contributed by atoms with Crippen LogP contribution in [0.1, 0.15) is 53.3 Å². The van der Waals surface area contributed by atoms with Gasteiger partial charge in [0.15, 0.2) is 0 Å². The Morgan fingerprint density at radius 3 is 2.56 bits per heavy atom. The maximum Gasteiger partial charge on any atom is 0.255 e. The number of piperidine rings is 1. The van der Waals surface area contributed by atoms with Crippen LogP contribution in [0.2, 0.25) is 0 Å². The SMILES string of the molecule is CC[C@@H]1CCCCN1C(=O)c1cccc(NC(=O)c2ccccc2)c1. The summed E-state index contributed by atoms with van der Waals surface area (Å²) in [5.41, 5.74) is 1.87. The number of benzene rings is 2. The molecule has 0 radical (unpaired) electrons. The van der Waals surface area contributed by atoms with Crippen molar-refractivity contribution in [3.05, 3.63) is 65.7 Å². The van der Waals surface area contributed by atoms with Crippen LogP contribution in [0, 0.1) is 0 Å². The van der Waals surface area contributed by atoms with Crippen LogP contribution < -0.4 is 5.32 Å². The molecule has 0 spiro atoms. The zero-order chi connectivity index (χ0) is 17.6. The van der Waals surface area contributed by atoms with E-state index in [1.165, 1.54) is 6.42 Å². The fourth-order valence-electron chi connectivity index (χ4n) is 3.38. The fourth-order valence-corrected chi connectivity index (χ4v) is 3.38. The van der Waals surface area contributed by atoms with Crippen molar-refractivity contribution in [1.29, 1.82) is 0 Å². The Labute approximate surface area is 148 Å². The van der Waals surface area contributed by atoms with Gasteiger partial charge >= 0.3 is 0 Å². The maximum absolute atomic E-state index is 12.9. The van der Waals surface area contributed by atoms with Gasteiger partial charge in [-0.2, -0.15) is 0 Å². The summed E-state index contributed by atoms with van der Waals surface area (Å²) in [6.07, 6.45) is 4.31. The molecule has 0 bridgehead atoms. The Balaban J connectivity index is 1.75. The molecular formula is C21H24N2O2. The molecule has 1 fully saturated rings. The fraction of sp³-hybridized carbons (Fsp3) is 0.333. The summed E-state index contributed by atoms with van der Waals surface area (Å²) >= 11 is 0. The molecule has 2 aromatic carbocycles. The van der Waals surface area contributed by atoms with Gasteiger partial charge in [0.05, 0.1) is 0 Å². The second-order valence-electron chi connectivity index (χ2n) is 6.46. The van der Waals surface area contributed by atoms with Crippen LogP contribution in [0.3, 0.4) is 0 Å². The van der Waals surface area contributed by atoms with Crippen molar-refractivity contribution >= 4 is 17.5 Å². The highest BCUT2D eigenvalue weighted by atomic mass is 16.2. The van der Waals surface area contributed by atoms with E-state index in [-0.39, 0.29) is 11.8 Å². The molecule has 130 valence electrons. The lowest BCUT2D eigenvalue weighted by molar-refractivity contribution is 0.0608. The minimum atomic E-state index is -0.172. The van der Waals surface area contributed by atoms with E-state index in [9.17, 15) is 9.59 Å². The predicted octanol–water partition coefficient (Wildman–Crippen LogP) is 4.34. The minimum Gasteiger partial charge on any atom is -0.336 e. The van der Waals surface area contributed by atoms with Crippen molar-refractivity contribution in [2.75, 3.05) is 11.9 Å². The van der Waals surface area contributed by atoms with Crippen molar-refractivity contribution in [2.45, 2.75) is 38.6 Å². The summed E-state index contributed by atoms with van der Waals surface area (Å²) in [5, 5.41) is 2.87. The second kappa shape index (κ2) is 7.97. The lowest BCUT2D eigenvalue weighted by atomic mass is 9.99. The predicted molar refractivity (Wildman–Crippen MR) is 99.8 cm³/mol. The monoisotopic (exact) mass is 336 g/mol. The Morgan fingerprint density at radius 1 is 1.04 bits per heavy atom. The highest BCUT2D eigenvalue weighted by Gasteiger charge is 2.26. The lowest BCUT2D eigenvalue weighted by Crippen LogP contribution is -2.43. The van der Waals surface area contributed by atoms with Crippen LogP contribution in [0.5, 0.6) is 0 Å². The molecule has 3 rings (SSSR count). The van der Waals surface area contributed by atoms with Crippen LogP contribution in [0.4, 0.5) is 5.69 Å². The van der Waals surface area contributed by atoms with Crippen molar-refractivity contribution in [1.82, 2.24) is 4.90 Å². The topological polar surface area (TPSA) is 49.4 Å². The first-order valence-electron chi connectivity index (χ1n) is 8.96. The molecule has 0 aromatic heterocycles. The summed E-state index contributed by atoms with van der Waals surface area (Å²) in [6, 6.07) is 16.6. The first-order chi connectivity index (χ1) is 12.2. The van der Waals surface area contributed by atoms with E-state index in [0.29, 0.717) is 22.9 Å². The van der Waals surface area contributed by atoms with Gasteiger partial charge in [0.25, 0.3) is 11.8 Å². The molecule has 0 unspecified atom stereocenters. The molecule has 2 aromatic rings. The first kappa shape index (κ1) is 17.2. The molecule has 1 aliphatic rings. The summed E-state index contributed by atoms with van der Waals surface area (Å²) in [6.45, 7) is 2.95. The number of rotatable bonds is 4. The normalized spacial score (nSPS) is 17.2. The number of nitrogens with one attached hydrogen (secondary N) is 1. The average Bonchev–Trinajstić information content (AvgIpc) is 2.68. The third-order valence-corrected chi connectivity index (χ3v) is 4.76. The third kappa shape index (κ3) is 4.08. The Hall–Kier alpha value is -2.62. The molecule has 1 saturated heterocycles. The standard InChI is InChI=1S/C21H24N2O2/c1-2-19-13-6-7-14-23(19)21(25)17-11-8-12-18(15-17)22-20(24)16-9-4-3-5-10-16/h3-5,8-12,15,19H,2,6-7,13-14H2,1H3,(H,22,24)/t19-/m1/s1. The zero-order valence-electron chi connectivity index (χ0n) is 14.6. The van der Waals surface area contributed by atoms with Gasteiger partial charge in [-0.05, 0) is 56.0 Å². The van der Waals surface area contributed by atoms with Gasteiger partial charge < -0.3 is 10.2 Å². The van der Waals surface area contributed by atoms with Crippen molar-refractivity contribution in [3.8, 4) is 0 Å². The van der Waals surface area contributed by atoms with Crippen molar-refractivity contribution in [2.24, 2.45) is 0 Å². The van der Waals surface area contributed by atoms with Gasteiger partial charge in [-0.25, -0.2) is 0 Å². The summed E-state index contributed by atoms with van der Waals surface area (Å²) in [4.78, 5) is 27.2. The van der Waals surface area contributed by atoms with Gasteiger partial charge in [0.2, 0.25) is 0 Å². The molecule has 0 aliphatic carbocycles. The number of likely N-dealkylation sites (tertiary alicyclic amines) is 1. The summed E-state index contributed by atoms with van der Waals surface area (Å²) in [5.74, 6) is -0.114. The van der Waals surface area contributed by atoms with E-state index >= 15 is 0 Å². The van der Waals surface area contributed by atoms with E-state index in [4.69, 9.17) is 0 Å². The van der Waals surface area contributed by atoms with Crippen molar-refractivity contribution < 1.29 is 9.59 Å². The van der Waals surface area contributed by atoms with E-state index in [1.54, 1.807) is 18.2 Å². The molecule has 25 heavy (non-hydrogen) atoms. The largest absolute Gasteiger partial charge is 0.336 e. The molecule has 1 aliphatic heterocycles. The molecule has 1 atom stereocenters. The van der Waals surface area contributed by atoms with E-state index < -0.39 is 0 Å². The average molecular weight is 336 g/mol. The molecule has 4 heteroatoms. The summed E-state index contributed by atoms with van der Waals surface area (Å²) < 4.78 is 0. The maximum atomic E-state index is 12.9. The number of anilines is 1. The van der Waals surface area contributed by atoms with Crippen LogP contribution in [-0.2, 0) is 0 Å². The number of hydrogen-bond donors (Lipinski definition) is 1. The molecule has 4 nitrogen and oxygen atoms in total. The summed E-state index contributed by atoms with van der Waals surface area (Å²) in [7, 11) is 0. The van der Waals surface area contributed by atoms with Gasteiger partial charge in [-0.1, -0.05) is 31.2 Å².